The van der Waals surface area contributed by atoms with Gasteiger partial charge in [-0.3, -0.25) is 4.79 Å². The lowest BCUT2D eigenvalue weighted by molar-refractivity contribution is 0.104. The first kappa shape index (κ1) is 15.8. The van der Waals surface area contributed by atoms with Gasteiger partial charge in [-0.25, -0.2) is 0 Å². The summed E-state index contributed by atoms with van der Waals surface area (Å²) in [5.41, 5.74) is 3.45. The van der Waals surface area contributed by atoms with E-state index in [9.17, 15) is 4.79 Å². The molecule has 0 saturated carbocycles. The van der Waals surface area contributed by atoms with E-state index in [1.807, 2.05) is 73.7 Å². The lowest BCUT2D eigenvalue weighted by atomic mass is 10.0. The molecule has 0 atom stereocenters. The molecule has 0 unspecified atom stereocenters. The quantitative estimate of drug-likeness (QED) is 0.485. The standard InChI is InChI=1S/C22H19NO/c1-3-17-9-5-7-14-21(17)23-16(2)15-22(24)20-13-8-11-18-10-4-6-12-19(18)20/h3-15,23H,1H2,2H3/b16-15-. The van der Waals surface area contributed by atoms with Crippen LogP contribution in [0.1, 0.15) is 22.8 Å². The second-order valence-electron chi connectivity index (χ2n) is 5.63. The molecule has 3 aromatic carbocycles. The molecule has 0 saturated heterocycles. The molecule has 0 fully saturated rings. The van der Waals surface area contributed by atoms with E-state index in [1.165, 1.54) is 0 Å². The molecule has 24 heavy (non-hydrogen) atoms. The van der Waals surface area contributed by atoms with Crippen LogP contribution in [-0.4, -0.2) is 5.78 Å². The van der Waals surface area contributed by atoms with Gasteiger partial charge in [0.15, 0.2) is 5.78 Å². The molecule has 0 amide bonds. The van der Waals surface area contributed by atoms with Crippen molar-refractivity contribution in [1.29, 1.82) is 0 Å². The minimum Gasteiger partial charge on any atom is -0.359 e. The van der Waals surface area contributed by atoms with Crippen molar-refractivity contribution in [2.75, 3.05) is 5.32 Å². The molecule has 0 spiro atoms. The number of hydrogen-bond acceptors (Lipinski definition) is 2. The minimum absolute atomic E-state index is 0.00659. The molecule has 2 heteroatoms. The van der Waals surface area contributed by atoms with E-state index in [4.69, 9.17) is 0 Å². The van der Waals surface area contributed by atoms with Crippen LogP contribution in [0.5, 0.6) is 0 Å². The predicted molar refractivity (Wildman–Crippen MR) is 102 cm³/mol. The van der Waals surface area contributed by atoms with Gasteiger partial charge < -0.3 is 5.32 Å². The highest BCUT2D eigenvalue weighted by Crippen LogP contribution is 2.21. The smallest absolute Gasteiger partial charge is 0.188 e. The first-order valence-electron chi connectivity index (χ1n) is 7.88. The zero-order chi connectivity index (χ0) is 16.9. The van der Waals surface area contributed by atoms with E-state index in [1.54, 1.807) is 12.2 Å². The molecule has 0 aliphatic carbocycles. The molecule has 0 bridgehead atoms. The fraction of sp³-hybridized carbons (Fsp3) is 0.0455. The number of ketones is 1. The summed E-state index contributed by atoms with van der Waals surface area (Å²) in [6.45, 7) is 5.71. The van der Waals surface area contributed by atoms with E-state index in [0.29, 0.717) is 5.56 Å². The Labute approximate surface area is 142 Å². The van der Waals surface area contributed by atoms with E-state index >= 15 is 0 Å². The van der Waals surface area contributed by atoms with Gasteiger partial charge >= 0.3 is 0 Å². The molecule has 0 radical (unpaired) electrons. The number of anilines is 1. The summed E-state index contributed by atoms with van der Waals surface area (Å²) in [5.74, 6) is -0.00659. The Balaban J connectivity index is 1.89. The molecular formula is C22H19NO. The summed E-state index contributed by atoms with van der Waals surface area (Å²) in [6.07, 6.45) is 3.43. The van der Waals surface area contributed by atoms with E-state index < -0.39 is 0 Å². The summed E-state index contributed by atoms with van der Waals surface area (Å²) in [7, 11) is 0. The number of benzene rings is 3. The summed E-state index contributed by atoms with van der Waals surface area (Å²) in [5, 5.41) is 5.32. The maximum atomic E-state index is 12.7. The maximum absolute atomic E-state index is 12.7. The van der Waals surface area contributed by atoms with Gasteiger partial charge in [0.1, 0.15) is 0 Å². The Morgan fingerprint density at radius 3 is 2.50 bits per heavy atom. The first-order valence-corrected chi connectivity index (χ1v) is 7.88. The van der Waals surface area contributed by atoms with Crippen LogP contribution in [0.4, 0.5) is 5.69 Å². The summed E-state index contributed by atoms with van der Waals surface area (Å²) >= 11 is 0. The summed E-state index contributed by atoms with van der Waals surface area (Å²) in [4.78, 5) is 12.7. The van der Waals surface area contributed by atoms with Crippen molar-refractivity contribution in [3.8, 4) is 0 Å². The van der Waals surface area contributed by atoms with Crippen molar-refractivity contribution >= 4 is 28.3 Å². The van der Waals surface area contributed by atoms with Crippen LogP contribution in [-0.2, 0) is 0 Å². The highest BCUT2D eigenvalue weighted by Gasteiger charge is 2.08. The zero-order valence-corrected chi connectivity index (χ0v) is 13.6. The lowest BCUT2D eigenvalue weighted by Gasteiger charge is -2.10. The Hall–Kier alpha value is -3.13. The normalized spacial score (nSPS) is 11.3. The van der Waals surface area contributed by atoms with Crippen LogP contribution in [0, 0.1) is 0 Å². The molecule has 2 nitrogen and oxygen atoms in total. The maximum Gasteiger partial charge on any atom is 0.188 e. The van der Waals surface area contributed by atoms with Crippen LogP contribution in [0.25, 0.3) is 16.8 Å². The van der Waals surface area contributed by atoms with Crippen molar-refractivity contribution < 1.29 is 4.79 Å². The predicted octanol–water partition coefficient (Wildman–Crippen LogP) is 5.68. The third-order valence-corrected chi connectivity index (χ3v) is 3.92. The number of para-hydroxylation sites is 1. The molecule has 0 aromatic heterocycles. The van der Waals surface area contributed by atoms with Gasteiger partial charge in [0, 0.05) is 23.0 Å². The molecule has 3 aromatic rings. The molecule has 3 rings (SSSR count). The van der Waals surface area contributed by atoms with Gasteiger partial charge in [-0.05, 0) is 29.3 Å². The van der Waals surface area contributed by atoms with Crippen molar-refractivity contribution in [3.63, 3.8) is 0 Å². The fourth-order valence-corrected chi connectivity index (χ4v) is 2.75. The van der Waals surface area contributed by atoms with Gasteiger partial charge in [0.25, 0.3) is 0 Å². The number of nitrogens with one attached hydrogen (secondary N) is 1. The molecule has 0 aliphatic heterocycles. The summed E-state index contributed by atoms with van der Waals surface area (Å²) in [6, 6.07) is 21.6. The van der Waals surface area contributed by atoms with Gasteiger partial charge in [-0.2, -0.15) is 0 Å². The molecule has 0 heterocycles. The molecule has 0 aliphatic rings. The van der Waals surface area contributed by atoms with Crippen molar-refractivity contribution in [2.45, 2.75) is 6.92 Å². The highest BCUT2D eigenvalue weighted by molar-refractivity contribution is 6.13. The van der Waals surface area contributed by atoms with Crippen LogP contribution in [0.2, 0.25) is 0 Å². The van der Waals surface area contributed by atoms with E-state index in [-0.39, 0.29) is 5.78 Å². The Bertz CT molecular complexity index is 932. The Morgan fingerprint density at radius 2 is 1.67 bits per heavy atom. The number of carbonyl (C=O) groups excluding carboxylic acids is 1. The number of rotatable bonds is 5. The van der Waals surface area contributed by atoms with Crippen LogP contribution in [0.3, 0.4) is 0 Å². The van der Waals surface area contributed by atoms with E-state index in [2.05, 4.69) is 11.9 Å². The van der Waals surface area contributed by atoms with Crippen molar-refractivity contribution in [1.82, 2.24) is 0 Å². The SMILES string of the molecule is C=Cc1ccccc1N/C(C)=C\C(=O)c1cccc2ccccc12. The van der Waals surface area contributed by atoms with Crippen LogP contribution < -0.4 is 5.32 Å². The molecule has 118 valence electrons. The number of allylic oxidation sites excluding steroid dienone is 2. The number of carbonyl (C=O) groups is 1. The average Bonchev–Trinajstić information content (AvgIpc) is 2.61. The molecule has 1 N–H and O–H groups in total. The van der Waals surface area contributed by atoms with Gasteiger partial charge in [-0.1, -0.05) is 73.3 Å². The second kappa shape index (κ2) is 6.97. The van der Waals surface area contributed by atoms with Gasteiger partial charge in [-0.15, -0.1) is 0 Å². The second-order valence-corrected chi connectivity index (χ2v) is 5.63. The topological polar surface area (TPSA) is 29.1 Å². The highest BCUT2D eigenvalue weighted by atomic mass is 16.1. The van der Waals surface area contributed by atoms with Gasteiger partial charge in [0.05, 0.1) is 0 Å². The third kappa shape index (κ3) is 3.28. The third-order valence-electron chi connectivity index (χ3n) is 3.92. The number of fused-ring (bicyclic) bond motifs is 1. The lowest BCUT2D eigenvalue weighted by Crippen LogP contribution is -2.03. The number of hydrogen-bond donors (Lipinski definition) is 1. The summed E-state index contributed by atoms with van der Waals surface area (Å²) < 4.78 is 0. The van der Waals surface area contributed by atoms with Crippen LogP contribution in [0.15, 0.2) is 85.1 Å². The van der Waals surface area contributed by atoms with Crippen molar-refractivity contribution in [2.24, 2.45) is 0 Å². The molecular weight excluding hydrogens is 294 g/mol. The average molecular weight is 313 g/mol. The Kier molecular flexibility index (Phi) is 4.57. The van der Waals surface area contributed by atoms with Gasteiger partial charge in [0.2, 0.25) is 0 Å². The van der Waals surface area contributed by atoms with E-state index in [0.717, 1.165) is 27.7 Å². The van der Waals surface area contributed by atoms with Crippen LogP contribution >= 0.6 is 0 Å². The fourth-order valence-electron chi connectivity index (χ4n) is 2.75. The first-order chi connectivity index (χ1) is 11.7. The monoisotopic (exact) mass is 313 g/mol. The zero-order valence-electron chi connectivity index (χ0n) is 13.6. The Morgan fingerprint density at radius 1 is 0.958 bits per heavy atom. The largest absolute Gasteiger partial charge is 0.359 e. The minimum atomic E-state index is -0.00659. The van der Waals surface area contributed by atoms with Crippen molar-refractivity contribution in [3.05, 3.63) is 96.2 Å².